The van der Waals surface area contributed by atoms with Gasteiger partial charge in [0.05, 0.1) is 12.2 Å². The van der Waals surface area contributed by atoms with E-state index in [1.54, 1.807) is 12.1 Å². The average molecular weight is 343 g/mol. The number of benzene rings is 1. The van der Waals surface area contributed by atoms with Crippen LogP contribution in [0.3, 0.4) is 0 Å². The lowest BCUT2D eigenvalue weighted by atomic mass is 9.93. The summed E-state index contributed by atoms with van der Waals surface area (Å²) in [5, 5.41) is 0. The molecule has 0 saturated carbocycles. The van der Waals surface area contributed by atoms with Crippen LogP contribution in [0.25, 0.3) is 0 Å². The molecule has 2 rings (SSSR count). The van der Waals surface area contributed by atoms with E-state index in [0.29, 0.717) is 35.5 Å². The molecule has 1 saturated heterocycles. The van der Waals surface area contributed by atoms with Gasteiger partial charge in [-0.2, -0.15) is 4.55 Å². The minimum atomic E-state index is -1.02. The van der Waals surface area contributed by atoms with Crippen LogP contribution in [0.5, 0.6) is 0 Å². The molecule has 0 bridgehead atoms. The molecule has 2 atom stereocenters. The van der Waals surface area contributed by atoms with Crippen molar-refractivity contribution < 1.29 is 23.3 Å². The molecule has 2 unspecified atom stereocenters. The standard InChI is InChI=1S/C15H19FN2O4S/c1-2-9(5-6-23-21)11-4-3-10(7-12(11)16)18-8-13(14(17)19)22-15(18)20/h3-4,7,9,13,21H,2,5-6,8H2,1H3,(H2,17,19)/p+1. The van der Waals surface area contributed by atoms with E-state index in [-0.39, 0.29) is 12.5 Å². The average Bonchev–Trinajstić information content (AvgIpc) is 2.91. The van der Waals surface area contributed by atoms with Crippen molar-refractivity contribution in [3.8, 4) is 0 Å². The number of nitrogens with zero attached hydrogens (tertiary/aromatic N) is 1. The molecule has 1 fully saturated rings. The number of hydrogen-bond acceptors (Lipinski definition) is 4. The fourth-order valence-electron chi connectivity index (χ4n) is 2.63. The number of hydrogen-bond donors (Lipinski definition) is 2. The first-order chi connectivity index (χ1) is 11.0. The molecule has 3 N–H and O–H groups in total. The summed E-state index contributed by atoms with van der Waals surface area (Å²) < 4.78 is 28.2. The Morgan fingerprint density at radius 3 is 2.87 bits per heavy atom. The van der Waals surface area contributed by atoms with Crippen LogP contribution in [0.2, 0.25) is 0 Å². The zero-order valence-corrected chi connectivity index (χ0v) is 13.6. The van der Waals surface area contributed by atoms with Gasteiger partial charge < -0.3 is 10.5 Å². The van der Waals surface area contributed by atoms with Crippen LogP contribution in [0.1, 0.15) is 31.2 Å². The number of nitrogens with two attached hydrogens (primary N) is 1. The summed E-state index contributed by atoms with van der Waals surface area (Å²) in [4.78, 5) is 24.0. The van der Waals surface area contributed by atoms with Gasteiger partial charge in [0.25, 0.3) is 5.91 Å². The quantitative estimate of drug-likeness (QED) is 0.583. The molecule has 0 aliphatic carbocycles. The second-order valence-corrected chi connectivity index (χ2v) is 6.08. The number of anilines is 1. The lowest BCUT2D eigenvalue weighted by molar-refractivity contribution is -0.124. The van der Waals surface area contributed by atoms with Gasteiger partial charge in [-0.15, -0.1) is 0 Å². The normalized spacial score (nSPS) is 18.8. The van der Waals surface area contributed by atoms with Crippen LogP contribution in [-0.2, 0) is 21.6 Å². The molecule has 23 heavy (non-hydrogen) atoms. The van der Waals surface area contributed by atoms with E-state index in [9.17, 15) is 14.0 Å². The van der Waals surface area contributed by atoms with Gasteiger partial charge in [-0.3, -0.25) is 9.69 Å². The van der Waals surface area contributed by atoms with Crippen molar-refractivity contribution >= 4 is 29.7 Å². The van der Waals surface area contributed by atoms with Crippen molar-refractivity contribution in [2.75, 3.05) is 17.2 Å². The van der Waals surface area contributed by atoms with Gasteiger partial charge in [0.2, 0.25) is 0 Å². The molecule has 1 aliphatic heterocycles. The number of amides is 2. The van der Waals surface area contributed by atoms with Crippen LogP contribution in [0, 0.1) is 5.82 Å². The van der Waals surface area contributed by atoms with Crippen molar-refractivity contribution in [1.29, 1.82) is 0 Å². The van der Waals surface area contributed by atoms with E-state index in [0.717, 1.165) is 6.42 Å². The Morgan fingerprint density at radius 1 is 1.61 bits per heavy atom. The van der Waals surface area contributed by atoms with Crippen molar-refractivity contribution in [1.82, 2.24) is 0 Å². The van der Waals surface area contributed by atoms with E-state index in [1.165, 1.54) is 11.0 Å². The number of rotatable bonds is 7. The Morgan fingerprint density at radius 2 is 2.35 bits per heavy atom. The fraction of sp³-hybridized carbons (Fsp3) is 0.467. The number of carbonyl (C=O) groups excluding carboxylic acids is 2. The number of primary amides is 1. The van der Waals surface area contributed by atoms with E-state index in [4.69, 9.17) is 15.0 Å². The van der Waals surface area contributed by atoms with Gasteiger partial charge in [0.15, 0.2) is 6.10 Å². The predicted octanol–water partition coefficient (Wildman–Crippen LogP) is 1.81. The molecular weight excluding hydrogens is 323 g/mol. The van der Waals surface area contributed by atoms with Crippen molar-refractivity contribution in [2.45, 2.75) is 31.8 Å². The monoisotopic (exact) mass is 343 g/mol. The zero-order chi connectivity index (χ0) is 17.0. The number of ether oxygens (including phenoxy) is 1. The number of cyclic esters (lactones) is 1. The second kappa shape index (κ2) is 7.65. The Balaban J connectivity index is 2.19. The topological polar surface area (TPSA) is 92.9 Å². The van der Waals surface area contributed by atoms with Gasteiger partial charge in [-0.1, -0.05) is 13.0 Å². The summed E-state index contributed by atoms with van der Waals surface area (Å²) >= 11 is 0.295. The van der Waals surface area contributed by atoms with Gasteiger partial charge in [-0.05, 0) is 30.0 Å². The number of thiol groups is 1. The van der Waals surface area contributed by atoms with Crippen LogP contribution in [0.4, 0.5) is 14.9 Å². The second-order valence-electron chi connectivity index (χ2n) is 5.35. The minimum Gasteiger partial charge on any atom is -0.434 e. The summed E-state index contributed by atoms with van der Waals surface area (Å²) in [6.07, 6.45) is -0.300. The van der Waals surface area contributed by atoms with Gasteiger partial charge in [-0.25, -0.2) is 9.18 Å². The molecular formula is C15H20FN2O4S+. The van der Waals surface area contributed by atoms with Crippen molar-refractivity contribution in [3.63, 3.8) is 0 Å². The largest absolute Gasteiger partial charge is 0.434 e. The summed E-state index contributed by atoms with van der Waals surface area (Å²) in [5.41, 5.74) is 6.00. The number of carbonyl (C=O) groups is 2. The molecule has 8 heteroatoms. The molecule has 1 aromatic rings. The highest BCUT2D eigenvalue weighted by Crippen LogP contribution is 2.30. The Labute approximate surface area is 138 Å². The SMILES string of the molecule is CCC(CC[SH+]O)c1ccc(N2CC(C(N)=O)OC2=O)cc1F. The van der Waals surface area contributed by atoms with Gasteiger partial charge >= 0.3 is 6.09 Å². The molecule has 6 nitrogen and oxygen atoms in total. The van der Waals surface area contributed by atoms with Crippen LogP contribution < -0.4 is 10.6 Å². The molecule has 1 aromatic carbocycles. The first-order valence-electron chi connectivity index (χ1n) is 7.35. The zero-order valence-electron chi connectivity index (χ0n) is 12.7. The third kappa shape index (κ3) is 3.94. The highest BCUT2D eigenvalue weighted by Gasteiger charge is 2.36. The van der Waals surface area contributed by atoms with E-state index < -0.39 is 23.9 Å². The fourth-order valence-corrected chi connectivity index (χ4v) is 3.06. The molecule has 0 radical (unpaired) electrons. The maximum absolute atomic E-state index is 14.4. The van der Waals surface area contributed by atoms with Crippen LogP contribution in [-0.4, -0.2) is 35.0 Å². The number of halogens is 1. The molecule has 1 aliphatic rings. The van der Waals surface area contributed by atoms with E-state index >= 15 is 0 Å². The Kier molecular flexibility index (Phi) is 5.84. The summed E-state index contributed by atoms with van der Waals surface area (Å²) in [6.45, 7) is 1.94. The highest BCUT2D eigenvalue weighted by molar-refractivity contribution is 7.72. The Bertz CT molecular complexity index is 599. The minimum absolute atomic E-state index is 0.00703. The third-order valence-electron chi connectivity index (χ3n) is 3.94. The maximum Gasteiger partial charge on any atom is 0.415 e. The summed E-state index contributed by atoms with van der Waals surface area (Å²) in [6, 6.07) is 4.53. The molecule has 2 amide bonds. The Hall–Kier alpha value is -1.80. The molecule has 1 heterocycles. The summed E-state index contributed by atoms with van der Waals surface area (Å²) in [5.74, 6) is -0.558. The van der Waals surface area contributed by atoms with Crippen molar-refractivity contribution in [2.24, 2.45) is 5.73 Å². The lowest BCUT2D eigenvalue weighted by Gasteiger charge is -2.17. The predicted molar refractivity (Wildman–Crippen MR) is 87.1 cm³/mol. The van der Waals surface area contributed by atoms with Crippen LogP contribution in [0.15, 0.2) is 18.2 Å². The van der Waals surface area contributed by atoms with Gasteiger partial charge in [0, 0.05) is 6.42 Å². The third-order valence-corrected chi connectivity index (χ3v) is 4.39. The maximum atomic E-state index is 14.4. The molecule has 0 spiro atoms. The highest BCUT2D eigenvalue weighted by atomic mass is 32.2. The first kappa shape index (κ1) is 17.6. The summed E-state index contributed by atoms with van der Waals surface area (Å²) in [7, 11) is 0. The lowest BCUT2D eigenvalue weighted by Crippen LogP contribution is -2.32. The van der Waals surface area contributed by atoms with Crippen molar-refractivity contribution in [3.05, 3.63) is 29.6 Å². The first-order valence-corrected chi connectivity index (χ1v) is 8.39. The van der Waals surface area contributed by atoms with E-state index in [1.807, 2.05) is 6.92 Å². The molecule has 126 valence electrons. The van der Waals surface area contributed by atoms with Crippen LogP contribution >= 0.6 is 0 Å². The molecule has 0 aromatic heterocycles. The van der Waals surface area contributed by atoms with E-state index in [2.05, 4.69) is 0 Å². The van der Waals surface area contributed by atoms with Gasteiger partial charge in [0.1, 0.15) is 23.6 Å². The smallest absolute Gasteiger partial charge is 0.415 e.